The fourth-order valence-electron chi connectivity index (χ4n) is 1.21. The normalized spacial score (nSPS) is 9.76. The average Bonchev–Trinajstić information content (AvgIpc) is 2.32. The molecule has 0 aromatic heterocycles. The molecule has 0 fully saturated rings. The number of esters is 2. The van der Waals surface area contributed by atoms with Crippen molar-refractivity contribution >= 4 is 11.9 Å². The number of ether oxygens (including phenoxy) is 1. The van der Waals surface area contributed by atoms with Gasteiger partial charge >= 0.3 is 11.9 Å². The Hall–Kier alpha value is -1.38. The number of hydrogen-bond donors (Lipinski definition) is 0. The molecule has 0 saturated carbocycles. The summed E-state index contributed by atoms with van der Waals surface area (Å²) in [6.45, 7) is 11.3. The summed E-state index contributed by atoms with van der Waals surface area (Å²) < 4.78 is 4.69. The van der Waals surface area contributed by atoms with Crippen molar-refractivity contribution in [2.75, 3.05) is 0 Å². The van der Waals surface area contributed by atoms with E-state index in [2.05, 4.69) is 13.2 Å². The zero-order chi connectivity index (χ0) is 13.3. The molecule has 0 aliphatic carbocycles. The van der Waals surface area contributed by atoms with Gasteiger partial charge in [0.2, 0.25) is 0 Å². The first-order valence-corrected chi connectivity index (χ1v) is 6.14. The van der Waals surface area contributed by atoms with Crippen molar-refractivity contribution in [3.8, 4) is 0 Å². The van der Waals surface area contributed by atoms with Gasteiger partial charge in [-0.3, -0.25) is 0 Å². The zero-order valence-electron chi connectivity index (χ0n) is 10.9. The average molecular weight is 238 g/mol. The standard InChI is InChI=1S/C14H22O3/c1-5-7-9-11(3)13(15)17-14(16)12(4)10-8-6-2/h3-10H2,1-2H3. The van der Waals surface area contributed by atoms with Crippen LogP contribution in [0.15, 0.2) is 24.3 Å². The van der Waals surface area contributed by atoms with Crippen LogP contribution >= 0.6 is 0 Å². The van der Waals surface area contributed by atoms with Crippen molar-refractivity contribution in [2.24, 2.45) is 0 Å². The van der Waals surface area contributed by atoms with Gasteiger partial charge in [0.25, 0.3) is 0 Å². The summed E-state index contributed by atoms with van der Waals surface area (Å²) in [5.74, 6) is -1.25. The maximum Gasteiger partial charge on any atom is 0.341 e. The molecular formula is C14H22O3. The minimum atomic E-state index is -0.624. The Morgan fingerprint density at radius 2 is 1.24 bits per heavy atom. The smallest absolute Gasteiger partial charge is 0.341 e. The number of unbranched alkanes of at least 4 members (excludes halogenated alkanes) is 2. The van der Waals surface area contributed by atoms with E-state index in [1.165, 1.54) is 0 Å². The quantitative estimate of drug-likeness (QED) is 0.369. The first-order chi connectivity index (χ1) is 8.02. The van der Waals surface area contributed by atoms with Gasteiger partial charge in [0.15, 0.2) is 0 Å². The number of hydrogen-bond acceptors (Lipinski definition) is 3. The predicted octanol–water partition coefficient (Wildman–Crippen LogP) is 3.55. The van der Waals surface area contributed by atoms with E-state index in [0.29, 0.717) is 24.0 Å². The van der Waals surface area contributed by atoms with Crippen molar-refractivity contribution in [2.45, 2.75) is 52.4 Å². The summed E-state index contributed by atoms with van der Waals surface area (Å²) in [7, 11) is 0. The van der Waals surface area contributed by atoms with Gasteiger partial charge in [-0.1, -0.05) is 39.8 Å². The molecular weight excluding hydrogens is 216 g/mol. The van der Waals surface area contributed by atoms with Crippen LogP contribution in [0.1, 0.15) is 52.4 Å². The van der Waals surface area contributed by atoms with E-state index in [1.54, 1.807) is 0 Å². The number of rotatable bonds is 8. The van der Waals surface area contributed by atoms with Crippen molar-refractivity contribution in [1.82, 2.24) is 0 Å². The molecule has 0 amide bonds. The highest BCUT2D eigenvalue weighted by Crippen LogP contribution is 2.11. The first-order valence-electron chi connectivity index (χ1n) is 6.14. The fourth-order valence-corrected chi connectivity index (χ4v) is 1.21. The topological polar surface area (TPSA) is 43.4 Å². The second-order valence-electron chi connectivity index (χ2n) is 4.09. The molecule has 0 aromatic carbocycles. The molecule has 0 aliphatic rings. The molecule has 0 saturated heterocycles. The Balaban J connectivity index is 4.06. The van der Waals surface area contributed by atoms with Crippen molar-refractivity contribution < 1.29 is 14.3 Å². The summed E-state index contributed by atoms with van der Waals surface area (Å²) >= 11 is 0. The molecule has 0 atom stereocenters. The van der Waals surface area contributed by atoms with Gasteiger partial charge in [-0.2, -0.15) is 0 Å². The fraction of sp³-hybridized carbons (Fsp3) is 0.571. The van der Waals surface area contributed by atoms with Crippen LogP contribution in [0, 0.1) is 0 Å². The van der Waals surface area contributed by atoms with Gasteiger partial charge in [-0.05, 0) is 25.7 Å². The first kappa shape index (κ1) is 15.6. The maximum absolute atomic E-state index is 11.5. The van der Waals surface area contributed by atoms with Crippen LogP contribution in [-0.2, 0) is 14.3 Å². The lowest BCUT2D eigenvalue weighted by molar-refractivity contribution is -0.154. The van der Waals surface area contributed by atoms with E-state index >= 15 is 0 Å². The van der Waals surface area contributed by atoms with Gasteiger partial charge in [-0.25, -0.2) is 9.59 Å². The Kier molecular flexibility index (Phi) is 8.03. The lowest BCUT2D eigenvalue weighted by atomic mass is 10.1. The highest BCUT2D eigenvalue weighted by Gasteiger charge is 2.15. The van der Waals surface area contributed by atoms with Gasteiger partial charge in [0.1, 0.15) is 0 Å². The van der Waals surface area contributed by atoms with Crippen LogP contribution < -0.4 is 0 Å². The molecule has 0 bridgehead atoms. The lowest BCUT2D eigenvalue weighted by Crippen LogP contribution is -2.15. The third-order valence-electron chi connectivity index (χ3n) is 2.43. The number of carbonyl (C=O) groups excluding carboxylic acids is 2. The minimum absolute atomic E-state index is 0.350. The molecule has 96 valence electrons. The molecule has 0 radical (unpaired) electrons. The Labute approximate surface area is 104 Å². The molecule has 3 nitrogen and oxygen atoms in total. The second-order valence-corrected chi connectivity index (χ2v) is 4.09. The summed E-state index contributed by atoms with van der Waals surface area (Å²) in [5.41, 5.74) is 0.701. The van der Waals surface area contributed by atoms with Gasteiger partial charge in [0.05, 0.1) is 0 Å². The molecule has 0 N–H and O–H groups in total. The van der Waals surface area contributed by atoms with Crippen LogP contribution in [0.3, 0.4) is 0 Å². The molecule has 0 aromatic rings. The molecule has 3 heteroatoms. The van der Waals surface area contributed by atoms with Crippen molar-refractivity contribution in [3.63, 3.8) is 0 Å². The summed E-state index contributed by atoms with van der Waals surface area (Å²) in [6, 6.07) is 0. The molecule has 0 aliphatic heterocycles. The van der Waals surface area contributed by atoms with Crippen molar-refractivity contribution in [1.29, 1.82) is 0 Å². The van der Waals surface area contributed by atoms with E-state index < -0.39 is 11.9 Å². The molecule has 17 heavy (non-hydrogen) atoms. The highest BCUT2D eigenvalue weighted by molar-refractivity contribution is 6.01. The minimum Gasteiger partial charge on any atom is -0.386 e. The molecule has 0 spiro atoms. The van der Waals surface area contributed by atoms with Gasteiger partial charge in [0, 0.05) is 11.1 Å². The van der Waals surface area contributed by atoms with E-state index in [-0.39, 0.29) is 0 Å². The van der Waals surface area contributed by atoms with E-state index in [1.807, 2.05) is 13.8 Å². The Morgan fingerprint density at radius 1 is 0.882 bits per heavy atom. The van der Waals surface area contributed by atoms with E-state index in [0.717, 1.165) is 25.7 Å². The van der Waals surface area contributed by atoms with Gasteiger partial charge in [-0.15, -0.1) is 0 Å². The Morgan fingerprint density at radius 3 is 1.53 bits per heavy atom. The largest absolute Gasteiger partial charge is 0.386 e. The van der Waals surface area contributed by atoms with Crippen LogP contribution in [0.2, 0.25) is 0 Å². The summed E-state index contributed by atoms with van der Waals surface area (Å²) in [5, 5.41) is 0. The molecule has 0 unspecified atom stereocenters. The third-order valence-corrected chi connectivity index (χ3v) is 2.43. The van der Waals surface area contributed by atoms with Crippen LogP contribution in [0.4, 0.5) is 0 Å². The van der Waals surface area contributed by atoms with Crippen LogP contribution in [0.25, 0.3) is 0 Å². The monoisotopic (exact) mass is 238 g/mol. The van der Waals surface area contributed by atoms with Crippen LogP contribution in [0.5, 0.6) is 0 Å². The summed E-state index contributed by atoms with van der Waals surface area (Å²) in [6.07, 6.45) is 4.85. The SMILES string of the molecule is C=C(CCCC)C(=O)OC(=O)C(=C)CCCC. The number of carbonyl (C=O) groups is 2. The highest BCUT2D eigenvalue weighted by atomic mass is 16.6. The van der Waals surface area contributed by atoms with Gasteiger partial charge < -0.3 is 4.74 Å². The lowest BCUT2D eigenvalue weighted by Gasteiger charge is -2.06. The Bertz CT molecular complexity index is 273. The van der Waals surface area contributed by atoms with E-state index in [9.17, 15) is 9.59 Å². The van der Waals surface area contributed by atoms with Crippen LogP contribution in [-0.4, -0.2) is 11.9 Å². The third kappa shape index (κ3) is 6.72. The van der Waals surface area contributed by atoms with Crippen molar-refractivity contribution in [3.05, 3.63) is 24.3 Å². The zero-order valence-corrected chi connectivity index (χ0v) is 10.9. The maximum atomic E-state index is 11.5. The molecule has 0 rings (SSSR count). The predicted molar refractivity (Wildman–Crippen MR) is 68.4 cm³/mol. The molecule has 0 heterocycles. The second kappa shape index (κ2) is 8.74. The summed E-state index contributed by atoms with van der Waals surface area (Å²) in [4.78, 5) is 22.9. The van der Waals surface area contributed by atoms with E-state index in [4.69, 9.17) is 4.74 Å².